The maximum absolute atomic E-state index is 5.41. The van der Waals surface area contributed by atoms with E-state index in [1.807, 2.05) is 36.4 Å². The zero-order valence-corrected chi connectivity index (χ0v) is 14.7. The molecule has 132 valence electrons. The van der Waals surface area contributed by atoms with E-state index in [2.05, 4.69) is 46.6 Å². The molecule has 1 aliphatic rings. The molecule has 0 bridgehead atoms. The summed E-state index contributed by atoms with van der Waals surface area (Å²) < 4.78 is 10.7. The van der Waals surface area contributed by atoms with E-state index in [1.54, 1.807) is 0 Å². The van der Waals surface area contributed by atoms with E-state index >= 15 is 0 Å². The largest absolute Gasteiger partial charge is 0.454 e. The monoisotopic (exact) mass is 348 g/mol. The third-order valence-electron chi connectivity index (χ3n) is 4.16. The molecule has 26 heavy (non-hydrogen) atoms. The zero-order valence-electron chi connectivity index (χ0n) is 14.7. The summed E-state index contributed by atoms with van der Waals surface area (Å²) in [6.45, 7) is 4.61. The Morgan fingerprint density at radius 3 is 2.50 bits per heavy atom. The number of nitrogens with zero attached hydrogens (tertiary/aromatic N) is 2. The van der Waals surface area contributed by atoms with Crippen molar-refractivity contribution < 1.29 is 9.47 Å². The lowest BCUT2D eigenvalue weighted by atomic mass is 10.0. The van der Waals surface area contributed by atoms with Crippen molar-refractivity contribution in [1.29, 1.82) is 0 Å². The first kappa shape index (κ1) is 16.2. The Labute approximate surface area is 152 Å². The number of anilines is 4. The summed E-state index contributed by atoms with van der Waals surface area (Å²) in [5, 5.41) is 6.66. The van der Waals surface area contributed by atoms with Crippen LogP contribution in [0.2, 0.25) is 0 Å². The Hall–Kier alpha value is -3.28. The lowest BCUT2D eigenvalue weighted by Crippen LogP contribution is -2.01. The highest BCUT2D eigenvalue weighted by atomic mass is 16.7. The van der Waals surface area contributed by atoms with Gasteiger partial charge in [0.15, 0.2) is 11.5 Å². The van der Waals surface area contributed by atoms with Crippen LogP contribution in [0, 0.1) is 0 Å². The molecule has 0 fully saturated rings. The van der Waals surface area contributed by atoms with Crippen molar-refractivity contribution in [2.75, 3.05) is 17.4 Å². The summed E-state index contributed by atoms with van der Waals surface area (Å²) in [4.78, 5) is 8.62. The van der Waals surface area contributed by atoms with Gasteiger partial charge in [0.25, 0.3) is 0 Å². The number of aromatic nitrogens is 2. The van der Waals surface area contributed by atoms with E-state index in [0.29, 0.717) is 11.7 Å². The van der Waals surface area contributed by atoms with Crippen LogP contribution in [0.1, 0.15) is 25.3 Å². The number of nitrogens with one attached hydrogen (secondary N) is 2. The number of fused-ring (bicyclic) bond motifs is 1. The van der Waals surface area contributed by atoms with Gasteiger partial charge in [0.1, 0.15) is 18.0 Å². The second-order valence-corrected chi connectivity index (χ2v) is 6.35. The molecule has 6 nitrogen and oxygen atoms in total. The van der Waals surface area contributed by atoms with Gasteiger partial charge in [-0.15, -0.1) is 0 Å². The highest BCUT2D eigenvalue weighted by Crippen LogP contribution is 2.35. The van der Waals surface area contributed by atoms with Gasteiger partial charge in [-0.2, -0.15) is 0 Å². The number of benzene rings is 2. The molecule has 0 amide bonds. The SMILES string of the molecule is CC(C)c1ccccc1Nc1cc(Nc2ccc3c(c2)OCO3)ncn1. The number of hydrogen-bond donors (Lipinski definition) is 2. The first-order valence-electron chi connectivity index (χ1n) is 8.54. The lowest BCUT2D eigenvalue weighted by molar-refractivity contribution is 0.174. The molecule has 2 aromatic carbocycles. The van der Waals surface area contributed by atoms with Crippen molar-refractivity contribution in [3.8, 4) is 11.5 Å². The average molecular weight is 348 g/mol. The van der Waals surface area contributed by atoms with Crippen LogP contribution in [0.15, 0.2) is 54.9 Å². The molecule has 6 heteroatoms. The standard InChI is InChI=1S/C20H20N4O2/c1-13(2)15-5-3-4-6-16(15)24-20-10-19(21-11-22-20)23-14-7-8-17-18(9-14)26-12-25-17/h3-11,13H,12H2,1-2H3,(H2,21,22,23,24). The molecular formula is C20H20N4O2. The minimum atomic E-state index is 0.260. The third kappa shape index (κ3) is 3.39. The van der Waals surface area contributed by atoms with Crippen LogP contribution in [-0.4, -0.2) is 16.8 Å². The first-order chi connectivity index (χ1) is 12.7. The first-order valence-corrected chi connectivity index (χ1v) is 8.54. The molecule has 4 rings (SSSR count). The molecule has 1 aliphatic heterocycles. The predicted octanol–water partition coefficient (Wildman–Crippen LogP) is 4.82. The normalized spacial score (nSPS) is 12.3. The van der Waals surface area contributed by atoms with Crippen molar-refractivity contribution in [2.24, 2.45) is 0 Å². The molecule has 0 saturated carbocycles. The van der Waals surface area contributed by atoms with E-state index in [0.717, 1.165) is 28.7 Å². The van der Waals surface area contributed by atoms with Gasteiger partial charge >= 0.3 is 0 Å². The molecule has 0 unspecified atom stereocenters. The second kappa shape index (κ2) is 6.92. The molecule has 0 aliphatic carbocycles. The van der Waals surface area contributed by atoms with Crippen molar-refractivity contribution in [3.05, 3.63) is 60.4 Å². The summed E-state index contributed by atoms with van der Waals surface area (Å²) in [7, 11) is 0. The fourth-order valence-corrected chi connectivity index (χ4v) is 2.87. The maximum atomic E-state index is 5.41. The van der Waals surface area contributed by atoms with Gasteiger partial charge in [-0.1, -0.05) is 32.0 Å². The molecule has 1 aromatic heterocycles. The molecule has 0 spiro atoms. The summed E-state index contributed by atoms with van der Waals surface area (Å²) in [5.74, 6) is 3.34. The highest BCUT2D eigenvalue weighted by Gasteiger charge is 2.13. The van der Waals surface area contributed by atoms with Gasteiger partial charge in [-0.3, -0.25) is 0 Å². The van der Waals surface area contributed by atoms with E-state index in [4.69, 9.17) is 9.47 Å². The topological polar surface area (TPSA) is 68.3 Å². The van der Waals surface area contributed by atoms with Gasteiger partial charge in [0, 0.05) is 23.5 Å². The van der Waals surface area contributed by atoms with E-state index in [-0.39, 0.29) is 6.79 Å². The number of hydrogen-bond acceptors (Lipinski definition) is 6. The van der Waals surface area contributed by atoms with Crippen molar-refractivity contribution in [3.63, 3.8) is 0 Å². The van der Waals surface area contributed by atoms with Crippen molar-refractivity contribution >= 4 is 23.0 Å². The fraction of sp³-hybridized carbons (Fsp3) is 0.200. The van der Waals surface area contributed by atoms with Crippen LogP contribution in [0.4, 0.5) is 23.0 Å². The van der Waals surface area contributed by atoms with Crippen LogP contribution in [0.5, 0.6) is 11.5 Å². The summed E-state index contributed by atoms with van der Waals surface area (Å²) in [6.07, 6.45) is 1.54. The molecule has 2 N–H and O–H groups in total. The Balaban J connectivity index is 1.54. The van der Waals surface area contributed by atoms with Crippen molar-refractivity contribution in [1.82, 2.24) is 9.97 Å². The Kier molecular flexibility index (Phi) is 4.31. The average Bonchev–Trinajstić information content (AvgIpc) is 3.10. The fourth-order valence-electron chi connectivity index (χ4n) is 2.87. The Bertz CT molecular complexity index is 927. The molecular weight excluding hydrogens is 328 g/mol. The Morgan fingerprint density at radius 1 is 0.885 bits per heavy atom. The van der Waals surface area contributed by atoms with Gasteiger partial charge < -0.3 is 20.1 Å². The highest BCUT2D eigenvalue weighted by molar-refractivity contribution is 5.66. The van der Waals surface area contributed by atoms with Crippen molar-refractivity contribution in [2.45, 2.75) is 19.8 Å². The molecule has 0 saturated heterocycles. The van der Waals surface area contributed by atoms with Crippen LogP contribution in [0.25, 0.3) is 0 Å². The van der Waals surface area contributed by atoms with Crippen LogP contribution in [-0.2, 0) is 0 Å². The minimum absolute atomic E-state index is 0.260. The van der Waals surface area contributed by atoms with E-state index < -0.39 is 0 Å². The quantitative estimate of drug-likeness (QED) is 0.689. The summed E-state index contributed by atoms with van der Waals surface area (Å²) >= 11 is 0. The minimum Gasteiger partial charge on any atom is -0.454 e. The van der Waals surface area contributed by atoms with E-state index in [9.17, 15) is 0 Å². The maximum Gasteiger partial charge on any atom is 0.231 e. The van der Waals surface area contributed by atoms with Gasteiger partial charge in [0.2, 0.25) is 6.79 Å². The number of para-hydroxylation sites is 1. The second-order valence-electron chi connectivity index (χ2n) is 6.35. The van der Waals surface area contributed by atoms with Crippen LogP contribution >= 0.6 is 0 Å². The molecule has 3 aromatic rings. The zero-order chi connectivity index (χ0) is 17.9. The lowest BCUT2D eigenvalue weighted by Gasteiger charge is -2.14. The summed E-state index contributed by atoms with van der Waals surface area (Å²) in [5.41, 5.74) is 3.17. The Morgan fingerprint density at radius 2 is 1.65 bits per heavy atom. The van der Waals surface area contributed by atoms with E-state index in [1.165, 1.54) is 11.9 Å². The molecule has 0 radical (unpaired) electrons. The molecule has 0 atom stereocenters. The van der Waals surface area contributed by atoms with Crippen LogP contribution in [0.3, 0.4) is 0 Å². The van der Waals surface area contributed by atoms with Gasteiger partial charge in [-0.05, 0) is 29.7 Å². The predicted molar refractivity (Wildman–Crippen MR) is 102 cm³/mol. The van der Waals surface area contributed by atoms with Crippen LogP contribution < -0.4 is 20.1 Å². The number of ether oxygens (including phenoxy) is 2. The number of rotatable bonds is 5. The molecule has 2 heterocycles. The van der Waals surface area contributed by atoms with Gasteiger partial charge in [0.05, 0.1) is 0 Å². The third-order valence-corrected chi connectivity index (χ3v) is 4.16. The smallest absolute Gasteiger partial charge is 0.231 e. The van der Waals surface area contributed by atoms with Gasteiger partial charge in [-0.25, -0.2) is 9.97 Å². The summed E-state index contributed by atoms with van der Waals surface area (Å²) in [6, 6.07) is 15.8.